The summed E-state index contributed by atoms with van der Waals surface area (Å²) >= 11 is 0. The minimum Gasteiger partial charge on any atom is -0.872 e. The first-order chi connectivity index (χ1) is 15.8. The second kappa shape index (κ2) is 8.74. The molecule has 8 heteroatoms. The van der Waals surface area contributed by atoms with Gasteiger partial charge in [-0.3, -0.25) is 9.59 Å². The Labute approximate surface area is 190 Å². The number of rotatable bonds is 5. The molecule has 168 valence electrons. The Hall–Kier alpha value is -4.20. The van der Waals surface area contributed by atoms with Crippen molar-refractivity contribution >= 4 is 23.4 Å². The Balaban J connectivity index is 1.90. The number of carbonyl (C=O) groups excluding carboxylic acids is 3. The van der Waals surface area contributed by atoms with Crippen molar-refractivity contribution in [1.82, 2.24) is 9.88 Å². The lowest BCUT2D eigenvalue weighted by Crippen LogP contribution is -2.29. The number of aromatic nitrogens is 2. The largest absolute Gasteiger partial charge is 0.872 e. The van der Waals surface area contributed by atoms with Gasteiger partial charge in [-0.1, -0.05) is 36.1 Å². The monoisotopic (exact) mass is 445 g/mol. The molecule has 2 aromatic heterocycles. The SMILES string of the molecule is COC(=O)c1[nH]c(C)c(/C([O-])=C2\C(=O)C(=O)N(Cc3ccc[nH+]c3)C2c2ccccc2)c1C. The number of Topliss-reactive ketones (excluding diaryl/α,β-unsaturated/α-hetero) is 1. The van der Waals surface area contributed by atoms with E-state index in [1.54, 1.807) is 56.6 Å². The van der Waals surface area contributed by atoms with Crippen molar-refractivity contribution in [2.24, 2.45) is 0 Å². The highest BCUT2D eigenvalue weighted by Crippen LogP contribution is 2.40. The molecule has 1 atom stereocenters. The number of ether oxygens (including phenoxy) is 1. The van der Waals surface area contributed by atoms with Crippen LogP contribution in [-0.2, 0) is 20.9 Å². The third-order valence-electron chi connectivity index (χ3n) is 5.82. The number of aromatic amines is 2. The van der Waals surface area contributed by atoms with Crippen LogP contribution in [0.4, 0.5) is 0 Å². The zero-order chi connectivity index (χ0) is 23.7. The number of hydrogen-bond donors (Lipinski definition) is 1. The number of esters is 1. The van der Waals surface area contributed by atoms with Crippen LogP contribution in [0, 0.1) is 13.8 Å². The van der Waals surface area contributed by atoms with Crippen molar-refractivity contribution < 1.29 is 29.2 Å². The summed E-state index contributed by atoms with van der Waals surface area (Å²) in [4.78, 5) is 45.6. The molecule has 0 bridgehead atoms. The van der Waals surface area contributed by atoms with Crippen molar-refractivity contribution in [3.8, 4) is 0 Å². The predicted molar refractivity (Wildman–Crippen MR) is 116 cm³/mol. The van der Waals surface area contributed by atoms with Gasteiger partial charge in [0.1, 0.15) is 5.69 Å². The van der Waals surface area contributed by atoms with Crippen molar-refractivity contribution in [2.45, 2.75) is 26.4 Å². The lowest BCUT2D eigenvalue weighted by Gasteiger charge is -2.27. The van der Waals surface area contributed by atoms with Crippen molar-refractivity contribution in [2.75, 3.05) is 7.11 Å². The maximum Gasteiger partial charge on any atom is 0.354 e. The van der Waals surface area contributed by atoms with E-state index in [-0.39, 0.29) is 23.4 Å². The number of likely N-dealkylation sites (tertiary alicyclic amines) is 1. The molecule has 1 fully saturated rings. The van der Waals surface area contributed by atoms with Crippen LogP contribution in [0.25, 0.3) is 5.76 Å². The third kappa shape index (κ3) is 3.80. The fraction of sp³-hybridized carbons (Fsp3) is 0.200. The first-order valence-corrected chi connectivity index (χ1v) is 10.4. The van der Waals surface area contributed by atoms with E-state index in [0.717, 1.165) is 5.56 Å². The third-order valence-corrected chi connectivity index (χ3v) is 5.82. The molecular weight excluding hydrogens is 422 g/mol. The minimum absolute atomic E-state index is 0.132. The van der Waals surface area contributed by atoms with Gasteiger partial charge in [0.2, 0.25) is 5.78 Å². The van der Waals surface area contributed by atoms with Crippen LogP contribution in [0.1, 0.15) is 44.5 Å². The second-order valence-corrected chi connectivity index (χ2v) is 7.85. The molecule has 2 N–H and O–H groups in total. The highest BCUT2D eigenvalue weighted by Gasteiger charge is 2.44. The average Bonchev–Trinajstić information content (AvgIpc) is 3.27. The van der Waals surface area contributed by atoms with Crippen LogP contribution >= 0.6 is 0 Å². The van der Waals surface area contributed by atoms with Crippen LogP contribution in [-0.4, -0.2) is 34.7 Å². The van der Waals surface area contributed by atoms with E-state index in [9.17, 15) is 19.5 Å². The molecule has 8 nitrogen and oxygen atoms in total. The van der Waals surface area contributed by atoms with Gasteiger partial charge in [0.05, 0.1) is 19.7 Å². The zero-order valence-electron chi connectivity index (χ0n) is 18.5. The summed E-state index contributed by atoms with van der Waals surface area (Å²) in [7, 11) is 1.25. The smallest absolute Gasteiger partial charge is 0.354 e. The molecule has 33 heavy (non-hydrogen) atoms. The molecular formula is C25H23N3O5. The summed E-state index contributed by atoms with van der Waals surface area (Å²) in [5.74, 6) is -2.77. The van der Waals surface area contributed by atoms with Crippen LogP contribution in [0.5, 0.6) is 0 Å². The van der Waals surface area contributed by atoms with E-state index in [0.29, 0.717) is 16.8 Å². The van der Waals surface area contributed by atoms with Gasteiger partial charge in [0.15, 0.2) is 12.4 Å². The van der Waals surface area contributed by atoms with Crippen LogP contribution in [0.15, 0.2) is 60.4 Å². The number of nitrogens with zero attached hydrogens (tertiary/aromatic N) is 1. The number of ketones is 1. The van der Waals surface area contributed by atoms with E-state index in [1.807, 2.05) is 12.1 Å². The molecule has 4 rings (SSSR count). The number of amides is 1. The Morgan fingerprint density at radius 3 is 2.52 bits per heavy atom. The van der Waals surface area contributed by atoms with Gasteiger partial charge in [-0.2, -0.15) is 0 Å². The standard InChI is InChI=1S/C25H23N3O5/c1-14-18(15(2)27-20(14)25(32)33-3)22(29)19-21(17-9-5-4-6-10-17)28(24(31)23(19)30)13-16-8-7-11-26-12-16/h4-12,21,27,29H,13H2,1-3H3/b22-19+. The molecule has 0 saturated carbocycles. The second-order valence-electron chi connectivity index (χ2n) is 7.85. The zero-order valence-corrected chi connectivity index (χ0v) is 18.5. The highest BCUT2D eigenvalue weighted by molar-refractivity contribution is 6.46. The first kappa shape index (κ1) is 22.0. The molecule has 1 saturated heterocycles. The number of nitrogens with one attached hydrogen (secondary N) is 2. The molecule has 3 aromatic rings. The van der Waals surface area contributed by atoms with E-state index in [4.69, 9.17) is 4.74 Å². The fourth-order valence-corrected chi connectivity index (χ4v) is 4.27. The van der Waals surface area contributed by atoms with Crippen molar-refractivity contribution in [3.63, 3.8) is 0 Å². The van der Waals surface area contributed by atoms with Crippen molar-refractivity contribution in [1.29, 1.82) is 0 Å². The molecule has 3 heterocycles. The molecule has 0 aliphatic carbocycles. The summed E-state index contributed by atoms with van der Waals surface area (Å²) < 4.78 is 4.78. The van der Waals surface area contributed by atoms with Crippen LogP contribution in [0.2, 0.25) is 0 Å². The van der Waals surface area contributed by atoms with Gasteiger partial charge < -0.3 is 19.7 Å². The number of H-pyrrole nitrogens is 2. The molecule has 0 spiro atoms. The number of benzene rings is 1. The summed E-state index contributed by atoms with van der Waals surface area (Å²) in [5, 5.41) is 13.7. The van der Waals surface area contributed by atoms with E-state index in [2.05, 4.69) is 9.97 Å². The molecule has 1 aliphatic rings. The summed E-state index contributed by atoms with van der Waals surface area (Å²) in [5.41, 5.74) is 2.45. The number of pyridine rings is 1. The van der Waals surface area contributed by atoms with Crippen LogP contribution in [0.3, 0.4) is 0 Å². The van der Waals surface area contributed by atoms with Gasteiger partial charge in [0.25, 0.3) is 5.91 Å². The van der Waals surface area contributed by atoms with E-state index < -0.39 is 29.5 Å². The van der Waals surface area contributed by atoms with E-state index in [1.165, 1.54) is 12.0 Å². The highest BCUT2D eigenvalue weighted by atomic mass is 16.5. The average molecular weight is 445 g/mol. The Morgan fingerprint density at radius 1 is 1.15 bits per heavy atom. The lowest BCUT2D eigenvalue weighted by molar-refractivity contribution is -0.378. The Kier molecular flexibility index (Phi) is 5.83. The van der Waals surface area contributed by atoms with Gasteiger partial charge in [-0.25, -0.2) is 9.78 Å². The Morgan fingerprint density at radius 2 is 1.88 bits per heavy atom. The topological polar surface area (TPSA) is 117 Å². The summed E-state index contributed by atoms with van der Waals surface area (Å²) in [6.45, 7) is 3.40. The van der Waals surface area contributed by atoms with Crippen LogP contribution < -0.4 is 10.1 Å². The number of methoxy groups -OCH3 is 1. The molecule has 1 aliphatic heterocycles. The van der Waals surface area contributed by atoms with Gasteiger partial charge >= 0.3 is 5.97 Å². The van der Waals surface area contributed by atoms with E-state index >= 15 is 0 Å². The van der Waals surface area contributed by atoms with Gasteiger partial charge in [-0.05, 0) is 36.6 Å². The maximum atomic E-state index is 13.7. The number of carbonyl (C=O) groups is 3. The van der Waals surface area contributed by atoms with Gasteiger partial charge in [-0.15, -0.1) is 0 Å². The number of aryl methyl sites for hydroxylation is 1. The van der Waals surface area contributed by atoms with Gasteiger partial charge in [0, 0.05) is 22.9 Å². The first-order valence-electron chi connectivity index (χ1n) is 10.4. The van der Waals surface area contributed by atoms with Crippen molar-refractivity contribution in [3.05, 3.63) is 94.1 Å². The quantitative estimate of drug-likeness (QED) is 0.277. The number of hydrogen-bond acceptors (Lipinski definition) is 5. The maximum absolute atomic E-state index is 13.7. The minimum atomic E-state index is -0.853. The molecule has 1 unspecified atom stereocenters. The Bertz CT molecular complexity index is 1260. The summed E-state index contributed by atoms with van der Waals surface area (Å²) in [6, 6.07) is 11.8. The fourth-order valence-electron chi connectivity index (χ4n) is 4.27. The lowest BCUT2D eigenvalue weighted by atomic mass is 9.94. The molecule has 0 radical (unpaired) electrons. The normalized spacial score (nSPS) is 17.4. The predicted octanol–water partition coefficient (Wildman–Crippen LogP) is 1.66. The summed E-state index contributed by atoms with van der Waals surface area (Å²) in [6.07, 6.45) is 3.48. The molecule has 1 aromatic carbocycles. The molecule has 1 amide bonds.